The minimum Gasteiger partial charge on any atom is -0.336 e. The molecule has 0 radical (unpaired) electrons. The van der Waals surface area contributed by atoms with Crippen molar-refractivity contribution in [2.45, 2.75) is 5.16 Å². The van der Waals surface area contributed by atoms with Gasteiger partial charge in [-0.05, 0) is 11.4 Å². The number of urea groups is 1. The number of nitrogens with zero attached hydrogens (tertiary/aromatic N) is 4. The van der Waals surface area contributed by atoms with Crippen LogP contribution in [0.3, 0.4) is 0 Å². The maximum Gasteiger partial charge on any atom is 0.324 e. The number of hydrogen-bond donors (Lipinski definition) is 1. The van der Waals surface area contributed by atoms with Crippen LogP contribution in [-0.4, -0.2) is 50.4 Å². The third kappa shape index (κ3) is 2.79. The summed E-state index contributed by atoms with van der Waals surface area (Å²) < 4.78 is 1.85. The molecule has 0 spiro atoms. The van der Waals surface area contributed by atoms with E-state index in [2.05, 4.69) is 15.5 Å². The first-order valence-electron chi connectivity index (χ1n) is 6.31. The quantitative estimate of drug-likeness (QED) is 0.855. The number of imide groups is 1. The Morgan fingerprint density at radius 2 is 2.38 bits per heavy atom. The van der Waals surface area contributed by atoms with E-state index in [0.29, 0.717) is 18.2 Å². The third-order valence-electron chi connectivity index (χ3n) is 3.06. The highest BCUT2D eigenvalue weighted by atomic mass is 32.2. The molecular formula is C12H13N5O2S2. The molecule has 0 saturated carbocycles. The Morgan fingerprint density at radius 1 is 1.52 bits per heavy atom. The summed E-state index contributed by atoms with van der Waals surface area (Å²) >= 11 is 2.87. The fourth-order valence-corrected chi connectivity index (χ4v) is 3.51. The number of rotatable bonds is 4. The molecule has 2 aromatic rings. The zero-order valence-corrected chi connectivity index (χ0v) is 12.9. The lowest BCUT2D eigenvalue weighted by Crippen LogP contribution is -2.35. The molecule has 110 valence electrons. The molecule has 0 atom stereocenters. The van der Waals surface area contributed by atoms with Gasteiger partial charge < -0.3 is 9.88 Å². The van der Waals surface area contributed by atoms with Gasteiger partial charge in [0.15, 0.2) is 11.0 Å². The normalized spacial score (nSPS) is 14.5. The predicted molar refractivity (Wildman–Crippen MR) is 80.2 cm³/mol. The fraction of sp³-hybridized carbons (Fsp3) is 0.333. The van der Waals surface area contributed by atoms with Crippen molar-refractivity contribution in [2.75, 3.05) is 18.8 Å². The van der Waals surface area contributed by atoms with Crippen molar-refractivity contribution in [3.05, 3.63) is 17.5 Å². The van der Waals surface area contributed by atoms with E-state index in [1.54, 1.807) is 11.3 Å². The molecule has 1 aliphatic heterocycles. The molecule has 1 aliphatic rings. The van der Waals surface area contributed by atoms with Gasteiger partial charge in [-0.15, -0.1) is 21.5 Å². The van der Waals surface area contributed by atoms with Crippen molar-refractivity contribution >= 4 is 35.0 Å². The number of thiophene rings is 1. The number of aromatic nitrogens is 3. The highest BCUT2D eigenvalue weighted by Gasteiger charge is 2.26. The third-order valence-corrected chi connectivity index (χ3v) is 4.93. The standard InChI is InChI=1S/C12H13N5O2S2/c1-16-10(8-3-2-6-20-8)14-15-12(16)21-7-9(18)17-5-4-13-11(17)19/h2-3,6H,4-5,7H2,1H3,(H,13,19). The van der Waals surface area contributed by atoms with E-state index in [0.717, 1.165) is 10.7 Å². The summed E-state index contributed by atoms with van der Waals surface area (Å²) in [6.45, 7) is 0.944. The first-order valence-corrected chi connectivity index (χ1v) is 8.17. The Bertz CT molecular complexity index is 667. The van der Waals surface area contributed by atoms with Crippen molar-refractivity contribution in [1.82, 2.24) is 25.0 Å². The lowest BCUT2D eigenvalue weighted by atomic mass is 10.4. The van der Waals surface area contributed by atoms with Crippen LogP contribution in [0.15, 0.2) is 22.7 Å². The summed E-state index contributed by atoms with van der Waals surface area (Å²) in [4.78, 5) is 25.6. The van der Waals surface area contributed by atoms with Crippen LogP contribution >= 0.6 is 23.1 Å². The lowest BCUT2D eigenvalue weighted by Gasteiger charge is -2.11. The second-order valence-electron chi connectivity index (χ2n) is 4.41. The topological polar surface area (TPSA) is 80.1 Å². The molecule has 0 unspecified atom stereocenters. The van der Waals surface area contributed by atoms with Crippen LogP contribution in [0, 0.1) is 0 Å². The van der Waals surface area contributed by atoms with Crippen LogP contribution in [-0.2, 0) is 11.8 Å². The predicted octanol–water partition coefficient (Wildman–Crippen LogP) is 1.19. The van der Waals surface area contributed by atoms with Crippen LogP contribution in [0.5, 0.6) is 0 Å². The number of hydrogen-bond acceptors (Lipinski definition) is 6. The van der Waals surface area contributed by atoms with E-state index in [9.17, 15) is 9.59 Å². The molecule has 9 heteroatoms. The van der Waals surface area contributed by atoms with Gasteiger partial charge in [0.2, 0.25) is 5.91 Å². The molecule has 7 nitrogen and oxygen atoms in total. The number of amides is 3. The number of carbonyl (C=O) groups is 2. The van der Waals surface area contributed by atoms with Gasteiger partial charge in [-0.25, -0.2) is 4.79 Å². The molecule has 21 heavy (non-hydrogen) atoms. The van der Waals surface area contributed by atoms with Crippen LogP contribution < -0.4 is 5.32 Å². The van der Waals surface area contributed by atoms with Gasteiger partial charge in [0.25, 0.3) is 0 Å². The second-order valence-corrected chi connectivity index (χ2v) is 6.30. The minimum absolute atomic E-state index is 0.170. The number of carbonyl (C=O) groups excluding carboxylic acids is 2. The SMILES string of the molecule is Cn1c(SCC(=O)N2CCNC2=O)nnc1-c1cccs1. The van der Waals surface area contributed by atoms with E-state index in [-0.39, 0.29) is 17.7 Å². The molecule has 3 amide bonds. The van der Waals surface area contributed by atoms with Gasteiger partial charge in [-0.2, -0.15) is 0 Å². The zero-order valence-electron chi connectivity index (χ0n) is 11.3. The Labute approximate surface area is 129 Å². The van der Waals surface area contributed by atoms with Crippen LogP contribution in [0.1, 0.15) is 0 Å². The maximum absolute atomic E-state index is 12.0. The molecule has 1 N–H and O–H groups in total. The van der Waals surface area contributed by atoms with Crippen molar-refractivity contribution < 1.29 is 9.59 Å². The molecule has 3 rings (SSSR count). The van der Waals surface area contributed by atoms with Crippen molar-refractivity contribution in [2.24, 2.45) is 7.05 Å². The smallest absolute Gasteiger partial charge is 0.324 e. The molecule has 1 fully saturated rings. The van der Waals surface area contributed by atoms with E-state index < -0.39 is 0 Å². The molecule has 2 aromatic heterocycles. The van der Waals surface area contributed by atoms with E-state index in [4.69, 9.17) is 0 Å². The van der Waals surface area contributed by atoms with E-state index >= 15 is 0 Å². The molecule has 0 aliphatic carbocycles. The van der Waals surface area contributed by atoms with Crippen molar-refractivity contribution in [1.29, 1.82) is 0 Å². The Kier molecular flexibility index (Phi) is 3.93. The summed E-state index contributed by atoms with van der Waals surface area (Å²) in [5.41, 5.74) is 0. The fourth-order valence-electron chi connectivity index (χ4n) is 1.97. The van der Waals surface area contributed by atoms with Crippen molar-refractivity contribution in [3.63, 3.8) is 0 Å². The summed E-state index contributed by atoms with van der Waals surface area (Å²) in [6.07, 6.45) is 0. The summed E-state index contributed by atoms with van der Waals surface area (Å²) in [6, 6.07) is 3.61. The van der Waals surface area contributed by atoms with Gasteiger partial charge >= 0.3 is 6.03 Å². The molecule has 0 aromatic carbocycles. The zero-order chi connectivity index (χ0) is 14.8. The van der Waals surface area contributed by atoms with Crippen molar-refractivity contribution in [3.8, 4) is 10.7 Å². The number of thioether (sulfide) groups is 1. The molecule has 0 bridgehead atoms. The minimum atomic E-state index is -0.321. The van der Waals surface area contributed by atoms with Gasteiger partial charge in [-0.1, -0.05) is 17.8 Å². The number of nitrogens with one attached hydrogen (secondary N) is 1. The first kappa shape index (κ1) is 14.1. The van der Waals surface area contributed by atoms with Gasteiger partial charge in [-0.3, -0.25) is 9.69 Å². The Balaban J connectivity index is 1.66. The largest absolute Gasteiger partial charge is 0.336 e. The van der Waals surface area contributed by atoms with Crippen LogP contribution in [0.2, 0.25) is 0 Å². The highest BCUT2D eigenvalue weighted by molar-refractivity contribution is 7.99. The monoisotopic (exact) mass is 323 g/mol. The maximum atomic E-state index is 12.0. The average Bonchev–Trinajstić information content (AvgIpc) is 3.17. The summed E-state index contributed by atoms with van der Waals surface area (Å²) in [7, 11) is 1.87. The van der Waals surface area contributed by atoms with E-state index in [1.165, 1.54) is 16.7 Å². The average molecular weight is 323 g/mol. The lowest BCUT2D eigenvalue weighted by molar-refractivity contribution is -0.124. The molecular weight excluding hydrogens is 310 g/mol. The Morgan fingerprint density at radius 3 is 3.05 bits per heavy atom. The molecule has 1 saturated heterocycles. The Hall–Kier alpha value is -1.87. The molecule has 3 heterocycles. The van der Waals surface area contributed by atoms with Gasteiger partial charge in [0, 0.05) is 20.1 Å². The van der Waals surface area contributed by atoms with E-state index in [1.807, 2.05) is 29.1 Å². The first-order chi connectivity index (χ1) is 10.2. The second kappa shape index (κ2) is 5.86. The van der Waals surface area contributed by atoms with Gasteiger partial charge in [0.05, 0.1) is 10.6 Å². The van der Waals surface area contributed by atoms with Crippen LogP contribution in [0.25, 0.3) is 10.7 Å². The van der Waals surface area contributed by atoms with Crippen LogP contribution in [0.4, 0.5) is 4.79 Å². The van der Waals surface area contributed by atoms with Gasteiger partial charge in [0.1, 0.15) is 0 Å². The summed E-state index contributed by atoms with van der Waals surface area (Å²) in [5.74, 6) is 0.735. The highest BCUT2D eigenvalue weighted by Crippen LogP contribution is 2.26. The summed E-state index contributed by atoms with van der Waals surface area (Å²) in [5, 5.41) is 13.5.